The maximum atomic E-state index is 10.1. The van der Waals surface area contributed by atoms with Gasteiger partial charge in [-0.2, -0.15) is 5.10 Å². The molecule has 0 spiro atoms. The molecule has 3 N–H and O–H groups in total. The molecule has 4 nitrogen and oxygen atoms in total. The fourth-order valence-electron chi connectivity index (χ4n) is 2.50. The second-order valence-electron chi connectivity index (χ2n) is 5.61. The van der Waals surface area contributed by atoms with E-state index in [4.69, 9.17) is 0 Å². The van der Waals surface area contributed by atoms with Crippen molar-refractivity contribution in [3.63, 3.8) is 0 Å². The predicted molar refractivity (Wildman–Crippen MR) is 86.9 cm³/mol. The van der Waals surface area contributed by atoms with Gasteiger partial charge in [0.05, 0.1) is 11.4 Å². The third-order valence-electron chi connectivity index (χ3n) is 3.72. The standard InChI is InChI=1S/C18H18N2O2/c1-11(2)13-8-7-12(9-18(13)22)15-10-16(20-19-15)14-5-3-4-6-17(14)21/h3-11,21-22H,1-2H3,(H,19,20). The molecule has 0 saturated carbocycles. The first-order chi connectivity index (χ1) is 10.6. The van der Waals surface area contributed by atoms with Gasteiger partial charge in [-0.1, -0.05) is 38.1 Å². The molecule has 0 fully saturated rings. The molecule has 0 radical (unpaired) electrons. The van der Waals surface area contributed by atoms with E-state index in [1.54, 1.807) is 18.2 Å². The predicted octanol–water partition coefficient (Wildman–Crippen LogP) is 4.28. The molecule has 0 aliphatic rings. The Kier molecular flexibility index (Phi) is 3.59. The maximum Gasteiger partial charge on any atom is 0.124 e. The molecular formula is C18H18N2O2. The van der Waals surface area contributed by atoms with Crippen molar-refractivity contribution in [3.8, 4) is 34.0 Å². The summed E-state index contributed by atoms with van der Waals surface area (Å²) in [5.74, 6) is 0.750. The van der Waals surface area contributed by atoms with Gasteiger partial charge in [-0.15, -0.1) is 0 Å². The van der Waals surface area contributed by atoms with E-state index in [0.29, 0.717) is 5.56 Å². The SMILES string of the molecule is CC(C)c1ccc(-c2cc(-c3ccccc3O)[nH]n2)cc1O. The average molecular weight is 294 g/mol. The number of aromatic amines is 1. The van der Waals surface area contributed by atoms with E-state index in [-0.39, 0.29) is 17.4 Å². The monoisotopic (exact) mass is 294 g/mol. The van der Waals surface area contributed by atoms with Gasteiger partial charge in [-0.3, -0.25) is 5.10 Å². The van der Waals surface area contributed by atoms with Gasteiger partial charge in [0, 0.05) is 11.1 Å². The van der Waals surface area contributed by atoms with Crippen molar-refractivity contribution in [1.29, 1.82) is 0 Å². The molecule has 22 heavy (non-hydrogen) atoms. The Bertz CT molecular complexity index is 806. The van der Waals surface area contributed by atoms with Crippen LogP contribution in [0.15, 0.2) is 48.5 Å². The van der Waals surface area contributed by atoms with Crippen molar-refractivity contribution in [1.82, 2.24) is 10.2 Å². The minimum Gasteiger partial charge on any atom is -0.508 e. The first-order valence-electron chi connectivity index (χ1n) is 7.23. The highest BCUT2D eigenvalue weighted by Crippen LogP contribution is 2.33. The Labute approximate surface area is 129 Å². The maximum absolute atomic E-state index is 10.1. The summed E-state index contributed by atoms with van der Waals surface area (Å²) in [5, 5.41) is 27.2. The molecule has 1 heterocycles. The summed E-state index contributed by atoms with van der Waals surface area (Å²) >= 11 is 0. The first kappa shape index (κ1) is 14.2. The summed E-state index contributed by atoms with van der Waals surface area (Å²) in [4.78, 5) is 0. The molecule has 112 valence electrons. The zero-order valence-electron chi connectivity index (χ0n) is 12.5. The average Bonchev–Trinajstić information content (AvgIpc) is 2.97. The van der Waals surface area contributed by atoms with Gasteiger partial charge in [-0.25, -0.2) is 0 Å². The zero-order valence-corrected chi connectivity index (χ0v) is 12.5. The molecule has 0 aliphatic carbocycles. The van der Waals surface area contributed by atoms with Crippen LogP contribution in [0.1, 0.15) is 25.3 Å². The highest BCUT2D eigenvalue weighted by molar-refractivity contribution is 5.72. The highest BCUT2D eigenvalue weighted by atomic mass is 16.3. The lowest BCUT2D eigenvalue weighted by molar-refractivity contribution is 0.465. The van der Waals surface area contributed by atoms with Crippen LogP contribution >= 0.6 is 0 Å². The molecular weight excluding hydrogens is 276 g/mol. The van der Waals surface area contributed by atoms with Crippen LogP contribution in [-0.4, -0.2) is 20.4 Å². The molecule has 2 aromatic carbocycles. The van der Waals surface area contributed by atoms with Crippen LogP contribution in [0.5, 0.6) is 11.5 Å². The van der Waals surface area contributed by atoms with E-state index >= 15 is 0 Å². The fraction of sp³-hybridized carbons (Fsp3) is 0.167. The van der Waals surface area contributed by atoms with Crippen LogP contribution in [0.25, 0.3) is 22.5 Å². The third kappa shape index (κ3) is 2.55. The number of phenols is 2. The molecule has 3 aromatic rings. The normalized spacial score (nSPS) is 11.0. The van der Waals surface area contributed by atoms with Crippen LogP contribution in [-0.2, 0) is 0 Å². The number of nitrogens with one attached hydrogen (secondary N) is 1. The number of nitrogens with zero attached hydrogens (tertiary/aromatic N) is 1. The largest absolute Gasteiger partial charge is 0.508 e. The Morgan fingerprint density at radius 2 is 1.73 bits per heavy atom. The van der Waals surface area contributed by atoms with E-state index in [2.05, 4.69) is 10.2 Å². The number of rotatable bonds is 3. The number of aromatic nitrogens is 2. The molecule has 0 saturated heterocycles. The Morgan fingerprint density at radius 3 is 2.41 bits per heavy atom. The minimum atomic E-state index is 0.204. The van der Waals surface area contributed by atoms with Crippen LogP contribution < -0.4 is 0 Å². The van der Waals surface area contributed by atoms with E-state index in [0.717, 1.165) is 22.5 Å². The molecule has 1 aromatic heterocycles. The molecule has 0 amide bonds. The Balaban J connectivity index is 1.98. The molecule has 0 atom stereocenters. The number of benzene rings is 2. The van der Waals surface area contributed by atoms with Crippen molar-refractivity contribution in [2.45, 2.75) is 19.8 Å². The topological polar surface area (TPSA) is 69.1 Å². The Morgan fingerprint density at radius 1 is 0.955 bits per heavy atom. The molecule has 0 aliphatic heterocycles. The molecule has 4 heteroatoms. The number of H-pyrrole nitrogens is 1. The Hall–Kier alpha value is -2.75. The lowest BCUT2D eigenvalue weighted by Crippen LogP contribution is -1.88. The van der Waals surface area contributed by atoms with Crippen LogP contribution in [0.2, 0.25) is 0 Å². The van der Waals surface area contributed by atoms with Crippen molar-refractivity contribution in [2.24, 2.45) is 0 Å². The van der Waals surface area contributed by atoms with Gasteiger partial charge in [0.25, 0.3) is 0 Å². The van der Waals surface area contributed by atoms with Gasteiger partial charge < -0.3 is 10.2 Å². The van der Waals surface area contributed by atoms with Gasteiger partial charge in [0.2, 0.25) is 0 Å². The summed E-state index contributed by atoms with van der Waals surface area (Å²) in [6, 6.07) is 14.5. The van der Waals surface area contributed by atoms with Gasteiger partial charge in [-0.05, 0) is 35.7 Å². The van der Waals surface area contributed by atoms with Gasteiger partial charge in [0.1, 0.15) is 11.5 Å². The van der Waals surface area contributed by atoms with Crippen molar-refractivity contribution < 1.29 is 10.2 Å². The number of phenolic OH excluding ortho intramolecular Hbond substituents is 2. The molecule has 0 unspecified atom stereocenters. The van der Waals surface area contributed by atoms with Crippen molar-refractivity contribution in [3.05, 3.63) is 54.1 Å². The summed E-state index contributed by atoms with van der Waals surface area (Å²) in [7, 11) is 0. The lowest BCUT2D eigenvalue weighted by atomic mass is 9.99. The van der Waals surface area contributed by atoms with Crippen molar-refractivity contribution >= 4 is 0 Å². The number of aromatic hydroxyl groups is 2. The van der Waals surface area contributed by atoms with Gasteiger partial charge >= 0.3 is 0 Å². The van der Waals surface area contributed by atoms with Crippen LogP contribution in [0.4, 0.5) is 0 Å². The van der Waals surface area contributed by atoms with E-state index in [1.165, 1.54) is 0 Å². The molecule has 0 bridgehead atoms. The highest BCUT2D eigenvalue weighted by Gasteiger charge is 2.11. The second kappa shape index (κ2) is 5.56. The number of para-hydroxylation sites is 1. The third-order valence-corrected chi connectivity index (χ3v) is 3.72. The summed E-state index contributed by atoms with van der Waals surface area (Å²) in [6.45, 7) is 4.08. The zero-order chi connectivity index (χ0) is 15.7. The van der Waals surface area contributed by atoms with Gasteiger partial charge in [0.15, 0.2) is 0 Å². The lowest BCUT2D eigenvalue weighted by Gasteiger charge is -2.08. The first-order valence-corrected chi connectivity index (χ1v) is 7.23. The van der Waals surface area contributed by atoms with Crippen LogP contribution in [0.3, 0.4) is 0 Å². The van der Waals surface area contributed by atoms with E-state index in [9.17, 15) is 10.2 Å². The minimum absolute atomic E-state index is 0.204. The summed E-state index contributed by atoms with van der Waals surface area (Å²) < 4.78 is 0. The number of hydrogen-bond acceptors (Lipinski definition) is 3. The number of hydrogen-bond donors (Lipinski definition) is 3. The summed E-state index contributed by atoms with van der Waals surface area (Å²) in [6.07, 6.45) is 0. The second-order valence-corrected chi connectivity index (χ2v) is 5.61. The smallest absolute Gasteiger partial charge is 0.124 e. The van der Waals surface area contributed by atoms with Crippen molar-refractivity contribution in [2.75, 3.05) is 0 Å². The van der Waals surface area contributed by atoms with E-state index < -0.39 is 0 Å². The fourth-order valence-corrected chi connectivity index (χ4v) is 2.50. The summed E-state index contributed by atoms with van der Waals surface area (Å²) in [5.41, 5.74) is 3.91. The van der Waals surface area contributed by atoms with E-state index in [1.807, 2.05) is 44.2 Å². The van der Waals surface area contributed by atoms with Crippen LogP contribution in [0, 0.1) is 0 Å². The quantitative estimate of drug-likeness (QED) is 0.675. The molecule has 3 rings (SSSR count).